The summed E-state index contributed by atoms with van der Waals surface area (Å²) in [5.74, 6) is 1.26. The van der Waals surface area contributed by atoms with Crippen molar-refractivity contribution < 1.29 is 8.42 Å². The molecule has 0 aromatic rings. The van der Waals surface area contributed by atoms with E-state index in [0.29, 0.717) is 13.0 Å². The van der Waals surface area contributed by atoms with Crippen LogP contribution in [0.4, 0.5) is 0 Å². The molecule has 0 unspecified atom stereocenters. The highest BCUT2D eigenvalue weighted by Gasteiger charge is 2.04. The summed E-state index contributed by atoms with van der Waals surface area (Å²) in [5.41, 5.74) is 0. The second-order valence-electron chi connectivity index (χ2n) is 1.62. The van der Waals surface area contributed by atoms with Gasteiger partial charge in [0.1, 0.15) is 0 Å². The second-order valence-corrected chi connectivity index (χ2v) is 3.33. The van der Waals surface area contributed by atoms with Crippen LogP contribution in [0.5, 0.6) is 0 Å². The van der Waals surface area contributed by atoms with Gasteiger partial charge in [-0.2, -0.15) is 0 Å². The first kappa shape index (κ1) is 8.91. The molecule has 0 heterocycles. The molecule has 3 nitrogen and oxygen atoms in total. The van der Waals surface area contributed by atoms with Crippen molar-refractivity contribution in [2.24, 2.45) is 0 Å². The fourth-order valence-electron chi connectivity index (χ4n) is 0.480. The zero-order valence-corrected chi connectivity index (χ0v) is 6.53. The molecule has 9 heavy (non-hydrogen) atoms. The minimum atomic E-state index is -3.06. The normalized spacial score (nSPS) is 11.8. The summed E-state index contributed by atoms with van der Waals surface area (Å²) >= 11 is 0. The third-order valence-electron chi connectivity index (χ3n) is 0.732. The Morgan fingerprint density at radius 1 is 1.44 bits per heavy atom. The maximum absolute atomic E-state index is 10.7. The number of rotatable bonds is 4. The first-order valence-electron chi connectivity index (χ1n) is 2.95. The Balaban J connectivity index is 3.73. The van der Waals surface area contributed by atoms with E-state index in [9.17, 15) is 8.42 Å². The van der Waals surface area contributed by atoms with Crippen molar-refractivity contribution in [1.29, 1.82) is 0 Å². The Morgan fingerprint density at radius 3 is 2.33 bits per heavy atom. The van der Waals surface area contributed by atoms with Gasteiger partial charge in [-0.05, 0) is 6.42 Å². The Labute approximate surface area is 56.5 Å². The highest BCUT2D eigenvalue weighted by molar-refractivity contribution is 7.91. The van der Waals surface area contributed by atoms with Crippen LogP contribution in [0.25, 0.3) is 0 Å². The average Bonchev–Trinajstić information content (AvgIpc) is 1.64. The summed E-state index contributed by atoms with van der Waals surface area (Å²) < 4.78 is 23.7. The minimum Gasteiger partial charge on any atom is -0.215 e. The van der Waals surface area contributed by atoms with Crippen LogP contribution < -0.4 is 4.72 Å². The van der Waals surface area contributed by atoms with Gasteiger partial charge < -0.3 is 0 Å². The van der Waals surface area contributed by atoms with Crippen molar-refractivity contribution in [2.75, 3.05) is 6.54 Å². The first-order valence-corrected chi connectivity index (χ1v) is 4.50. The topological polar surface area (TPSA) is 46.2 Å². The lowest BCUT2D eigenvalue weighted by molar-refractivity contribution is 0.588. The van der Waals surface area contributed by atoms with Gasteiger partial charge in [-0.15, -0.1) is 0 Å². The van der Waals surface area contributed by atoms with E-state index in [4.69, 9.17) is 0 Å². The summed E-state index contributed by atoms with van der Waals surface area (Å²) in [4.78, 5) is 0. The number of sulfonamides is 1. The fraction of sp³-hybridized carbons (Fsp3) is 0.800. The van der Waals surface area contributed by atoms with Crippen LogP contribution in [-0.4, -0.2) is 15.0 Å². The van der Waals surface area contributed by atoms with Gasteiger partial charge in [-0.25, -0.2) is 13.1 Å². The highest BCUT2D eigenvalue weighted by Crippen LogP contribution is 1.93. The SMILES string of the molecule is CC[CH]S(=O)(=O)NCC. The summed E-state index contributed by atoms with van der Waals surface area (Å²) in [5, 5.41) is 0. The van der Waals surface area contributed by atoms with Crippen LogP contribution >= 0.6 is 0 Å². The van der Waals surface area contributed by atoms with Gasteiger partial charge in [-0.3, -0.25) is 0 Å². The van der Waals surface area contributed by atoms with E-state index in [1.54, 1.807) is 13.8 Å². The van der Waals surface area contributed by atoms with Crippen LogP contribution in [0.2, 0.25) is 0 Å². The molecule has 0 aromatic carbocycles. The maximum Gasteiger partial charge on any atom is 0.215 e. The van der Waals surface area contributed by atoms with Gasteiger partial charge in [0.15, 0.2) is 0 Å². The first-order chi connectivity index (χ1) is 4.12. The molecule has 55 valence electrons. The van der Waals surface area contributed by atoms with Crippen molar-refractivity contribution >= 4 is 10.0 Å². The monoisotopic (exact) mass is 150 g/mol. The molecule has 0 aliphatic heterocycles. The standard InChI is InChI=1S/C5H12NO2S/c1-3-5-9(7,8)6-4-2/h5-6H,3-4H2,1-2H3. The number of hydrogen-bond acceptors (Lipinski definition) is 2. The Hall–Kier alpha value is -0.0900. The Kier molecular flexibility index (Phi) is 3.81. The minimum absolute atomic E-state index is 0.457. The van der Waals surface area contributed by atoms with E-state index in [1.807, 2.05) is 0 Å². The molecule has 4 heteroatoms. The van der Waals surface area contributed by atoms with E-state index in [-0.39, 0.29) is 0 Å². The molecular weight excluding hydrogens is 138 g/mol. The smallest absolute Gasteiger partial charge is 0.215 e. The molecule has 0 amide bonds. The molecule has 1 radical (unpaired) electrons. The van der Waals surface area contributed by atoms with Crippen LogP contribution in [0, 0.1) is 5.75 Å². The molecule has 0 aromatic heterocycles. The zero-order chi connectivity index (χ0) is 7.33. The molecule has 0 bridgehead atoms. The third kappa shape index (κ3) is 4.42. The van der Waals surface area contributed by atoms with E-state index >= 15 is 0 Å². The molecule has 0 saturated heterocycles. The Bertz CT molecular complexity index is 138. The molecule has 1 N–H and O–H groups in total. The number of nitrogens with one attached hydrogen (secondary N) is 1. The fourth-order valence-corrected chi connectivity index (χ4v) is 1.44. The van der Waals surface area contributed by atoms with Crippen LogP contribution in [-0.2, 0) is 10.0 Å². The largest absolute Gasteiger partial charge is 0.215 e. The molecule has 0 aliphatic rings. The summed E-state index contributed by atoms with van der Waals surface area (Å²) in [6, 6.07) is 0. The van der Waals surface area contributed by atoms with Crippen LogP contribution in [0.1, 0.15) is 20.3 Å². The lowest BCUT2D eigenvalue weighted by Gasteiger charge is -1.99. The highest BCUT2D eigenvalue weighted by atomic mass is 32.2. The quantitative estimate of drug-likeness (QED) is 0.634. The van der Waals surface area contributed by atoms with Crippen molar-refractivity contribution in [3.8, 4) is 0 Å². The molecule has 0 rings (SSSR count). The van der Waals surface area contributed by atoms with E-state index in [1.165, 1.54) is 5.75 Å². The van der Waals surface area contributed by atoms with Crippen LogP contribution in [0.15, 0.2) is 0 Å². The van der Waals surface area contributed by atoms with E-state index in [2.05, 4.69) is 4.72 Å². The molecule has 0 spiro atoms. The predicted molar refractivity (Wildman–Crippen MR) is 37.2 cm³/mol. The van der Waals surface area contributed by atoms with Crippen molar-refractivity contribution in [3.63, 3.8) is 0 Å². The lowest BCUT2D eigenvalue weighted by Crippen LogP contribution is -2.22. The van der Waals surface area contributed by atoms with Crippen molar-refractivity contribution in [3.05, 3.63) is 5.75 Å². The van der Waals surface area contributed by atoms with Gasteiger partial charge in [0.25, 0.3) is 0 Å². The molecule has 0 atom stereocenters. The third-order valence-corrected chi connectivity index (χ3v) is 2.19. The summed E-state index contributed by atoms with van der Waals surface area (Å²) in [6.07, 6.45) is 0.551. The van der Waals surface area contributed by atoms with E-state index < -0.39 is 10.0 Å². The van der Waals surface area contributed by atoms with Crippen molar-refractivity contribution in [1.82, 2.24) is 4.72 Å². The molecular formula is C5H12NO2S. The summed E-state index contributed by atoms with van der Waals surface area (Å²) in [6.45, 7) is 3.99. The Morgan fingerprint density at radius 2 is 2.00 bits per heavy atom. The lowest BCUT2D eigenvalue weighted by atomic mass is 10.6. The van der Waals surface area contributed by atoms with Gasteiger partial charge in [0.05, 0.1) is 5.75 Å². The van der Waals surface area contributed by atoms with Gasteiger partial charge in [-0.1, -0.05) is 13.8 Å². The predicted octanol–water partition coefficient (Wildman–Crippen LogP) is 0.497. The second kappa shape index (κ2) is 3.85. The maximum atomic E-state index is 10.7. The summed E-state index contributed by atoms with van der Waals surface area (Å²) in [7, 11) is -3.06. The van der Waals surface area contributed by atoms with Gasteiger partial charge in [0, 0.05) is 6.54 Å². The number of hydrogen-bond donors (Lipinski definition) is 1. The van der Waals surface area contributed by atoms with Crippen LogP contribution in [0.3, 0.4) is 0 Å². The van der Waals surface area contributed by atoms with E-state index in [0.717, 1.165) is 0 Å². The van der Waals surface area contributed by atoms with Gasteiger partial charge >= 0.3 is 0 Å². The molecule has 0 fully saturated rings. The zero-order valence-electron chi connectivity index (χ0n) is 5.72. The van der Waals surface area contributed by atoms with Crippen molar-refractivity contribution in [2.45, 2.75) is 20.3 Å². The molecule has 0 saturated carbocycles. The van der Waals surface area contributed by atoms with Gasteiger partial charge in [0.2, 0.25) is 10.0 Å². The molecule has 0 aliphatic carbocycles. The average molecular weight is 150 g/mol.